The Kier molecular flexibility index (Phi) is 1.98. The molecule has 0 heterocycles. The van der Waals surface area contributed by atoms with E-state index in [0.29, 0.717) is 5.92 Å². The third-order valence-corrected chi connectivity index (χ3v) is 2.28. The predicted molar refractivity (Wildman–Crippen MR) is 45.6 cm³/mol. The van der Waals surface area contributed by atoms with Crippen LogP contribution < -0.4 is 0 Å². The van der Waals surface area contributed by atoms with Crippen LogP contribution in [0.4, 0.5) is 0 Å². The molecular weight excluding hydrogens is 120 g/mol. The van der Waals surface area contributed by atoms with E-state index in [1.165, 1.54) is 17.1 Å². The molecule has 0 N–H and O–H groups in total. The minimum absolute atomic E-state index is 0.642. The van der Waals surface area contributed by atoms with Crippen molar-refractivity contribution in [1.29, 1.82) is 0 Å². The molecule has 1 atom stereocenters. The first-order valence-corrected chi connectivity index (χ1v) is 3.82. The fourth-order valence-electron chi connectivity index (χ4n) is 1.22. The molecular formula is C10H15. The highest BCUT2D eigenvalue weighted by atomic mass is 14.2. The van der Waals surface area contributed by atoms with Crippen molar-refractivity contribution in [3.05, 3.63) is 29.2 Å². The zero-order valence-electron chi connectivity index (χ0n) is 7.23. The van der Waals surface area contributed by atoms with Gasteiger partial charge < -0.3 is 0 Å². The van der Waals surface area contributed by atoms with E-state index in [-0.39, 0.29) is 0 Å². The zero-order chi connectivity index (χ0) is 7.72. The van der Waals surface area contributed by atoms with Crippen LogP contribution in [-0.2, 0) is 0 Å². The van der Waals surface area contributed by atoms with Crippen LogP contribution >= 0.6 is 0 Å². The molecule has 1 aliphatic rings. The van der Waals surface area contributed by atoms with Crippen molar-refractivity contribution < 1.29 is 0 Å². The van der Waals surface area contributed by atoms with Crippen molar-refractivity contribution in [2.75, 3.05) is 0 Å². The molecule has 0 fully saturated rings. The van der Waals surface area contributed by atoms with Crippen molar-refractivity contribution in [2.45, 2.75) is 27.7 Å². The number of hydrogen-bond acceptors (Lipinski definition) is 0. The van der Waals surface area contributed by atoms with Crippen molar-refractivity contribution >= 4 is 0 Å². The third-order valence-electron chi connectivity index (χ3n) is 2.28. The molecule has 0 aromatic carbocycles. The number of allylic oxidation sites excluding steroid dienone is 4. The zero-order valence-corrected chi connectivity index (χ0v) is 7.23. The maximum atomic E-state index is 2.32. The summed E-state index contributed by atoms with van der Waals surface area (Å²) in [5, 5.41) is 0. The fourth-order valence-corrected chi connectivity index (χ4v) is 1.22. The molecule has 0 aromatic rings. The molecule has 0 bridgehead atoms. The molecule has 0 saturated carbocycles. The number of rotatable bonds is 0. The summed E-state index contributed by atoms with van der Waals surface area (Å²) in [6.07, 6.45) is 4.60. The van der Waals surface area contributed by atoms with Gasteiger partial charge in [-0.05, 0) is 19.8 Å². The lowest BCUT2D eigenvalue weighted by molar-refractivity contribution is 0.760. The van der Waals surface area contributed by atoms with Gasteiger partial charge in [-0.2, -0.15) is 0 Å². The largest absolute Gasteiger partial charge is 0.0776 e. The van der Waals surface area contributed by atoms with Gasteiger partial charge in [0.15, 0.2) is 0 Å². The first-order valence-electron chi connectivity index (χ1n) is 3.82. The van der Waals surface area contributed by atoms with Gasteiger partial charge in [0.05, 0.1) is 0 Å². The third kappa shape index (κ3) is 1.31. The molecule has 55 valence electrons. The van der Waals surface area contributed by atoms with E-state index in [0.717, 1.165) is 0 Å². The highest BCUT2D eigenvalue weighted by Crippen LogP contribution is 2.27. The predicted octanol–water partition coefficient (Wildman–Crippen LogP) is 3.12. The lowest BCUT2D eigenvalue weighted by atomic mass is 9.85. The smallest absolute Gasteiger partial charge is 0.00135 e. The molecule has 0 heteroatoms. The van der Waals surface area contributed by atoms with Crippen molar-refractivity contribution in [3.63, 3.8) is 0 Å². The van der Waals surface area contributed by atoms with E-state index >= 15 is 0 Å². The van der Waals surface area contributed by atoms with E-state index in [2.05, 4.69) is 39.8 Å². The molecule has 1 radical (unpaired) electrons. The van der Waals surface area contributed by atoms with Gasteiger partial charge in [-0.1, -0.05) is 37.1 Å². The van der Waals surface area contributed by atoms with E-state index < -0.39 is 0 Å². The van der Waals surface area contributed by atoms with Crippen LogP contribution in [0.5, 0.6) is 0 Å². The molecule has 10 heavy (non-hydrogen) atoms. The van der Waals surface area contributed by atoms with Crippen LogP contribution in [0.2, 0.25) is 0 Å². The van der Waals surface area contributed by atoms with Gasteiger partial charge in [0, 0.05) is 5.92 Å². The maximum absolute atomic E-state index is 2.32. The van der Waals surface area contributed by atoms with Gasteiger partial charge in [0.2, 0.25) is 0 Å². The summed E-state index contributed by atoms with van der Waals surface area (Å²) in [5.41, 5.74) is 2.84. The Bertz CT molecular complexity index is 162. The maximum Gasteiger partial charge on any atom is 0.00135 e. The fraction of sp³-hybridized carbons (Fsp3) is 0.500. The summed E-state index contributed by atoms with van der Waals surface area (Å²) in [4.78, 5) is 0. The molecule has 0 nitrogen and oxygen atoms in total. The van der Waals surface area contributed by atoms with Crippen LogP contribution in [0, 0.1) is 11.8 Å². The van der Waals surface area contributed by atoms with Crippen molar-refractivity contribution in [1.82, 2.24) is 0 Å². The van der Waals surface area contributed by atoms with Crippen LogP contribution in [-0.4, -0.2) is 0 Å². The van der Waals surface area contributed by atoms with Gasteiger partial charge in [-0.3, -0.25) is 0 Å². The summed E-state index contributed by atoms with van der Waals surface area (Å²) in [7, 11) is 0. The Balaban J connectivity index is 2.83. The highest BCUT2D eigenvalue weighted by Gasteiger charge is 2.13. The monoisotopic (exact) mass is 135 g/mol. The van der Waals surface area contributed by atoms with Crippen LogP contribution in [0.3, 0.4) is 0 Å². The topological polar surface area (TPSA) is 0 Å². The first kappa shape index (κ1) is 7.59. The van der Waals surface area contributed by atoms with E-state index in [1.54, 1.807) is 0 Å². The Morgan fingerprint density at radius 3 is 2.20 bits per heavy atom. The van der Waals surface area contributed by atoms with E-state index in [1.807, 2.05) is 0 Å². The summed E-state index contributed by atoms with van der Waals surface area (Å²) in [5.74, 6) is 2.12. The van der Waals surface area contributed by atoms with Gasteiger partial charge in [0.25, 0.3) is 0 Å². The summed E-state index contributed by atoms with van der Waals surface area (Å²) in [6, 6.07) is 0. The van der Waals surface area contributed by atoms with Gasteiger partial charge in [-0.25, -0.2) is 0 Å². The molecule has 1 rings (SSSR count). The van der Waals surface area contributed by atoms with E-state index in [4.69, 9.17) is 0 Å². The molecule has 0 saturated heterocycles. The van der Waals surface area contributed by atoms with E-state index in [9.17, 15) is 0 Å². The Morgan fingerprint density at radius 2 is 1.70 bits per heavy atom. The summed E-state index contributed by atoms with van der Waals surface area (Å²) in [6.45, 7) is 8.77. The Hall–Kier alpha value is -0.520. The van der Waals surface area contributed by atoms with Crippen LogP contribution in [0.1, 0.15) is 27.7 Å². The average molecular weight is 135 g/mol. The Labute approximate surface area is 63.6 Å². The second-order valence-electron chi connectivity index (χ2n) is 3.21. The Morgan fingerprint density at radius 1 is 1.10 bits per heavy atom. The highest BCUT2D eigenvalue weighted by molar-refractivity contribution is 5.38. The SMILES string of the molecule is C[C]1C=C(C)C(C)=CC1C. The van der Waals surface area contributed by atoms with Gasteiger partial charge in [-0.15, -0.1) is 0 Å². The second-order valence-corrected chi connectivity index (χ2v) is 3.21. The molecule has 1 aliphatic carbocycles. The van der Waals surface area contributed by atoms with Gasteiger partial charge >= 0.3 is 0 Å². The molecule has 1 unspecified atom stereocenters. The molecule has 0 aliphatic heterocycles. The standard InChI is InChI=1S/C10H15/c1-7-5-9(3)10(4)6-8(7)2/h5-7H,1-4H3. The quantitative estimate of drug-likeness (QED) is 0.478. The lowest BCUT2D eigenvalue weighted by Crippen LogP contribution is -2.06. The molecule has 0 aromatic heterocycles. The molecule has 0 spiro atoms. The van der Waals surface area contributed by atoms with Crippen LogP contribution in [0.15, 0.2) is 23.3 Å². The second kappa shape index (κ2) is 2.61. The summed E-state index contributed by atoms with van der Waals surface area (Å²) < 4.78 is 0. The minimum Gasteiger partial charge on any atom is -0.0776 e. The summed E-state index contributed by atoms with van der Waals surface area (Å²) >= 11 is 0. The van der Waals surface area contributed by atoms with Gasteiger partial charge in [0.1, 0.15) is 0 Å². The normalized spacial score (nSPS) is 27.8. The lowest BCUT2D eigenvalue weighted by Gasteiger charge is -2.19. The van der Waals surface area contributed by atoms with Crippen LogP contribution in [0.25, 0.3) is 0 Å². The van der Waals surface area contributed by atoms with Crippen molar-refractivity contribution in [3.8, 4) is 0 Å². The number of hydrogen-bond donors (Lipinski definition) is 0. The minimum atomic E-state index is 0.642. The van der Waals surface area contributed by atoms with Crippen molar-refractivity contribution in [2.24, 2.45) is 5.92 Å². The first-order chi connectivity index (χ1) is 4.61. The molecule has 0 amide bonds. The average Bonchev–Trinajstić information content (AvgIpc) is 1.84.